The van der Waals surface area contributed by atoms with Crippen LogP contribution >= 0.6 is 11.6 Å². The normalized spacial score (nSPS) is 20.8. The summed E-state index contributed by atoms with van der Waals surface area (Å²) in [5.74, 6) is 0.311. The van der Waals surface area contributed by atoms with Gasteiger partial charge in [-0.15, -0.1) is 0 Å². The predicted octanol–water partition coefficient (Wildman–Crippen LogP) is 2.61. The fourth-order valence-corrected chi connectivity index (χ4v) is 4.89. The topological polar surface area (TPSA) is 63.4 Å². The van der Waals surface area contributed by atoms with Crippen LogP contribution in [0, 0.1) is 5.92 Å². The van der Waals surface area contributed by atoms with Gasteiger partial charge in [0.05, 0.1) is 4.90 Å². The molecule has 112 valence electrons. The lowest BCUT2D eigenvalue weighted by Crippen LogP contribution is -2.38. The second-order valence-corrected chi connectivity index (χ2v) is 7.82. The average molecular weight is 317 g/mol. The fourth-order valence-electron chi connectivity index (χ4n) is 2.72. The molecule has 4 nitrogen and oxygen atoms in total. The van der Waals surface area contributed by atoms with Gasteiger partial charge >= 0.3 is 0 Å². The quantitative estimate of drug-likeness (QED) is 0.928. The Morgan fingerprint density at radius 2 is 2.15 bits per heavy atom. The fraction of sp³-hybridized carbons (Fsp3) is 0.571. The Bertz CT molecular complexity index is 587. The Morgan fingerprint density at radius 3 is 2.70 bits per heavy atom. The summed E-state index contributed by atoms with van der Waals surface area (Å²) < 4.78 is 27.1. The second-order valence-electron chi connectivity index (χ2n) is 5.53. The maximum Gasteiger partial charge on any atom is 0.243 e. The summed E-state index contributed by atoms with van der Waals surface area (Å²) in [7, 11) is -3.47. The SMILES string of the molecule is CC(C)C1CCCN1S(=O)(=O)c1ccc(CN)c(Cl)c1. The van der Waals surface area contributed by atoms with Crippen LogP contribution in [0.5, 0.6) is 0 Å². The van der Waals surface area contributed by atoms with Crippen molar-refractivity contribution in [3.8, 4) is 0 Å². The van der Waals surface area contributed by atoms with Crippen LogP contribution in [0.1, 0.15) is 32.3 Å². The number of nitrogens with two attached hydrogens (primary N) is 1. The number of halogens is 1. The highest BCUT2D eigenvalue weighted by Gasteiger charge is 2.36. The lowest BCUT2D eigenvalue weighted by Gasteiger charge is -2.27. The molecule has 0 aliphatic carbocycles. The molecule has 0 saturated carbocycles. The molecule has 0 bridgehead atoms. The van der Waals surface area contributed by atoms with E-state index in [1.807, 2.05) is 0 Å². The van der Waals surface area contributed by atoms with Gasteiger partial charge in [-0.1, -0.05) is 31.5 Å². The summed E-state index contributed by atoms with van der Waals surface area (Å²) >= 11 is 6.08. The molecule has 2 rings (SSSR count). The Morgan fingerprint density at radius 1 is 1.45 bits per heavy atom. The maximum atomic E-state index is 12.7. The van der Waals surface area contributed by atoms with Crippen LogP contribution in [0.15, 0.2) is 23.1 Å². The van der Waals surface area contributed by atoms with Gasteiger partial charge in [0.1, 0.15) is 0 Å². The third kappa shape index (κ3) is 2.86. The summed E-state index contributed by atoms with van der Waals surface area (Å²) in [5, 5.41) is 0.411. The third-order valence-corrected chi connectivity index (χ3v) is 6.14. The summed E-state index contributed by atoms with van der Waals surface area (Å²) in [6.45, 7) is 5.00. The molecule has 1 aliphatic heterocycles. The lowest BCUT2D eigenvalue weighted by atomic mass is 10.0. The zero-order valence-electron chi connectivity index (χ0n) is 11.8. The van der Waals surface area contributed by atoms with E-state index < -0.39 is 10.0 Å². The van der Waals surface area contributed by atoms with Crippen molar-refractivity contribution in [2.75, 3.05) is 6.54 Å². The van der Waals surface area contributed by atoms with Gasteiger partial charge in [-0.2, -0.15) is 4.31 Å². The van der Waals surface area contributed by atoms with E-state index in [1.165, 1.54) is 6.07 Å². The average Bonchev–Trinajstić information content (AvgIpc) is 2.88. The van der Waals surface area contributed by atoms with E-state index in [2.05, 4.69) is 13.8 Å². The minimum absolute atomic E-state index is 0.0768. The molecule has 1 fully saturated rings. The molecule has 1 aromatic rings. The van der Waals surface area contributed by atoms with Crippen molar-refractivity contribution in [2.45, 2.75) is 44.2 Å². The third-order valence-electron chi connectivity index (χ3n) is 3.87. The predicted molar refractivity (Wildman–Crippen MR) is 81.1 cm³/mol. The summed E-state index contributed by atoms with van der Waals surface area (Å²) in [6, 6.07) is 4.87. The van der Waals surface area contributed by atoms with Crippen LogP contribution in [0.3, 0.4) is 0 Å². The molecule has 2 N–H and O–H groups in total. The van der Waals surface area contributed by atoms with E-state index in [-0.39, 0.29) is 10.9 Å². The largest absolute Gasteiger partial charge is 0.326 e. The summed E-state index contributed by atoms with van der Waals surface area (Å²) in [4.78, 5) is 0.257. The van der Waals surface area contributed by atoms with Gasteiger partial charge in [-0.05, 0) is 36.5 Å². The number of hydrogen-bond acceptors (Lipinski definition) is 3. The first kappa shape index (κ1) is 15.8. The molecule has 0 radical (unpaired) electrons. The lowest BCUT2D eigenvalue weighted by molar-refractivity contribution is 0.316. The van der Waals surface area contributed by atoms with E-state index in [1.54, 1.807) is 16.4 Å². The highest BCUT2D eigenvalue weighted by molar-refractivity contribution is 7.89. The smallest absolute Gasteiger partial charge is 0.243 e. The number of sulfonamides is 1. The Balaban J connectivity index is 2.37. The molecule has 1 aliphatic rings. The molecule has 0 amide bonds. The van der Waals surface area contributed by atoms with Crippen molar-refractivity contribution >= 4 is 21.6 Å². The van der Waals surface area contributed by atoms with Crippen molar-refractivity contribution < 1.29 is 8.42 Å². The first-order valence-corrected chi connectivity index (χ1v) is 8.70. The Kier molecular flexibility index (Phi) is 4.74. The van der Waals surface area contributed by atoms with Gasteiger partial charge < -0.3 is 5.73 Å². The zero-order valence-corrected chi connectivity index (χ0v) is 13.4. The molecule has 6 heteroatoms. The minimum Gasteiger partial charge on any atom is -0.326 e. The van der Waals surface area contributed by atoms with Crippen LogP contribution in [0.4, 0.5) is 0 Å². The monoisotopic (exact) mass is 316 g/mol. The Labute approximate surface area is 126 Å². The molecule has 1 aromatic carbocycles. The van der Waals surface area contributed by atoms with Crippen molar-refractivity contribution in [1.29, 1.82) is 0 Å². The van der Waals surface area contributed by atoms with E-state index >= 15 is 0 Å². The van der Waals surface area contributed by atoms with Crippen LogP contribution < -0.4 is 5.73 Å². The highest BCUT2D eigenvalue weighted by Crippen LogP contribution is 2.31. The van der Waals surface area contributed by atoms with Crippen LogP contribution in [0.25, 0.3) is 0 Å². The van der Waals surface area contributed by atoms with Crippen LogP contribution in [0.2, 0.25) is 5.02 Å². The van der Waals surface area contributed by atoms with Crippen molar-refractivity contribution in [3.05, 3.63) is 28.8 Å². The van der Waals surface area contributed by atoms with Crippen molar-refractivity contribution in [3.63, 3.8) is 0 Å². The van der Waals surface area contributed by atoms with Gasteiger partial charge in [0.25, 0.3) is 0 Å². The zero-order chi connectivity index (χ0) is 14.9. The molecule has 0 spiro atoms. The Hall–Kier alpha value is -0.620. The van der Waals surface area contributed by atoms with Crippen LogP contribution in [-0.4, -0.2) is 25.3 Å². The van der Waals surface area contributed by atoms with Gasteiger partial charge in [0, 0.05) is 24.2 Å². The molecule has 1 saturated heterocycles. The molecule has 0 aromatic heterocycles. The van der Waals surface area contributed by atoms with Gasteiger partial charge in [0.2, 0.25) is 10.0 Å². The van der Waals surface area contributed by atoms with E-state index in [0.717, 1.165) is 18.4 Å². The van der Waals surface area contributed by atoms with E-state index in [9.17, 15) is 8.42 Å². The van der Waals surface area contributed by atoms with Crippen molar-refractivity contribution in [1.82, 2.24) is 4.31 Å². The molecule has 1 atom stereocenters. The first-order valence-electron chi connectivity index (χ1n) is 6.88. The molecule has 1 unspecified atom stereocenters. The summed E-state index contributed by atoms with van der Waals surface area (Å²) in [5.41, 5.74) is 6.31. The second kappa shape index (κ2) is 6.02. The number of hydrogen-bond donors (Lipinski definition) is 1. The summed E-state index contributed by atoms with van der Waals surface area (Å²) in [6.07, 6.45) is 1.84. The van der Waals surface area contributed by atoms with E-state index in [4.69, 9.17) is 17.3 Å². The minimum atomic E-state index is -3.47. The number of benzene rings is 1. The number of rotatable bonds is 4. The van der Waals surface area contributed by atoms with Gasteiger partial charge in [0.15, 0.2) is 0 Å². The van der Waals surface area contributed by atoms with E-state index in [0.29, 0.717) is 24.0 Å². The standard InChI is InChI=1S/C14H21ClN2O2S/c1-10(2)14-4-3-7-17(14)20(18,19)12-6-5-11(9-16)13(15)8-12/h5-6,8,10,14H,3-4,7,9,16H2,1-2H3. The molecule has 1 heterocycles. The van der Waals surface area contributed by atoms with Gasteiger partial charge in [-0.3, -0.25) is 0 Å². The highest BCUT2D eigenvalue weighted by atomic mass is 35.5. The van der Waals surface area contributed by atoms with Gasteiger partial charge in [-0.25, -0.2) is 8.42 Å². The maximum absolute atomic E-state index is 12.7. The first-order chi connectivity index (χ1) is 9.37. The van der Waals surface area contributed by atoms with Crippen molar-refractivity contribution in [2.24, 2.45) is 11.7 Å². The molecular weight excluding hydrogens is 296 g/mol. The molecule has 20 heavy (non-hydrogen) atoms. The number of nitrogens with zero attached hydrogens (tertiary/aromatic N) is 1. The van der Waals surface area contributed by atoms with Crippen LogP contribution in [-0.2, 0) is 16.6 Å². The molecular formula is C14H21ClN2O2S.